The van der Waals surface area contributed by atoms with Crippen LogP contribution < -0.4 is 0 Å². The molecule has 0 aliphatic heterocycles. The maximum atomic E-state index is 2.26. The maximum absolute atomic E-state index is 2.26. The molecule has 0 aromatic heterocycles. The Morgan fingerprint density at radius 1 is 0.929 bits per heavy atom. The number of aryl methyl sites for hydroxylation is 1. The van der Waals surface area contributed by atoms with Crippen LogP contribution in [-0.2, 0) is 6.42 Å². The highest BCUT2D eigenvalue weighted by Gasteiger charge is 2.05. The molecule has 0 heterocycles. The molecule has 0 spiro atoms. The molecule has 2 aliphatic rings. The summed E-state index contributed by atoms with van der Waals surface area (Å²) >= 11 is 0. The molecular weight excluding hydrogens is 168 g/mol. The van der Waals surface area contributed by atoms with Crippen molar-refractivity contribution in [3.63, 3.8) is 0 Å². The van der Waals surface area contributed by atoms with E-state index in [4.69, 9.17) is 0 Å². The first-order valence-electron chi connectivity index (χ1n) is 5.38. The summed E-state index contributed by atoms with van der Waals surface area (Å²) in [5, 5.41) is 0. The third-order valence-electron chi connectivity index (χ3n) is 2.68. The van der Waals surface area contributed by atoms with E-state index in [2.05, 4.69) is 49.4 Å². The number of hydrogen-bond acceptors (Lipinski definition) is 0. The van der Waals surface area contributed by atoms with Crippen LogP contribution in [0.3, 0.4) is 0 Å². The van der Waals surface area contributed by atoms with Crippen LogP contribution in [0.25, 0.3) is 11.1 Å². The Morgan fingerprint density at radius 3 is 2.64 bits per heavy atom. The van der Waals surface area contributed by atoms with Gasteiger partial charge in [0.1, 0.15) is 0 Å². The van der Waals surface area contributed by atoms with Crippen molar-refractivity contribution >= 4 is 0 Å². The number of fused-ring (bicyclic) bond motifs is 1. The van der Waals surface area contributed by atoms with Gasteiger partial charge in [0, 0.05) is 0 Å². The molecule has 0 heteroatoms. The first-order chi connectivity index (χ1) is 6.92. The molecule has 0 radical (unpaired) electrons. The van der Waals surface area contributed by atoms with Crippen molar-refractivity contribution in [2.24, 2.45) is 0 Å². The van der Waals surface area contributed by atoms with Crippen LogP contribution in [0.1, 0.15) is 25.3 Å². The van der Waals surface area contributed by atoms with E-state index in [0.29, 0.717) is 0 Å². The average molecular weight is 184 g/mol. The third-order valence-corrected chi connectivity index (χ3v) is 2.68. The molecule has 0 unspecified atom stereocenters. The minimum absolute atomic E-state index is 1.21. The summed E-state index contributed by atoms with van der Waals surface area (Å²) in [6, 6.07) is 15.2. The van der Waals surface area contributed by atoms with Crippen LogP contribution >= 0.6 is 0 Å². The molecular formula is C14H16. The fourth-order valence-corrected chi connectivity index (χ4v) is 1.86. The van der Waals surface area contributed by atoms with Crippen LogP contribution in [0.2, 0.25) is 0 Å². The van der Waals surface area contributed by atoms with Crippen LogP contribution in [0, 0.1) is 0 Å². The molecule has 0 aromatic carbocycles. The van der Waals surface area contributed by atoms with Crippen LogP contribution in [0.15, 0.2) is 42.5 Å². The number of unbranched alkanes of at least 4 members (excludes halogenated alkanes) is 1. The lowest BCUT2D eigenvalue weighted by molar-refractivity contribution is 0.798. The maximum Gasteiger partial charge on any atom is -0.0152 e. The van der Waals surface area contributed by atoms with Gasteiger partial charge in [-0.2, -0.15) is 0 Å². The monoisotopic (exact) mass is 184 g/mol. The molecule has 0 nitrogen and oxygen atoms in total. The summed E-state index contributed by atoms with van der Waals surface area (Å²) in [5.74, 6) is 0. The second-order valence-corrected chi connectivity index (χ2v) is 3.74. The van der Waals surface area contributed by atoms with E-state index >= 15 is 0 Å². The molecule has 14 heavy (non-hydrogen) atoms. The van der Waals surface area contributed by atoms with Crippen LogP contribution in [-0.4, -0.2) is 0 Å². The van der Waals surface area contributed by atoms with Gasteiger partial charge in [-0.3, -0.25) is 0 Å². The smallest absolute Gasteiger partial charge is 0.0152 e. The number of rotatable bonds is 3. The highest BCUT2D eigenvalue weighted by Crippen LogP contribution is 2.27. The van der Waals surface area contributed by atoms with Crippen molar-refractivity contribution in [2.75, 3.05) is 0 Å². The van der Waals surface area contributed by atoms with Gasteiger partial charge in [0.05, 0.1) is 0 Å². The van der Waals surface area contributed by atoms with Gasteiger partial charge in [0.25, 0.3) is 0 Å². The first kappa shape index (κ1) is 9.26. The average Bonchev–Trinajstić information content (AvgIpc) is 2.45. The highest BCUT2D eigenvalue weighted by molar-refractivity contribution is 5.70. The van der Waals surface area contributed by atoms with Crippen molar-refractivity contribution in [2.45, 2.75) is 26.2 Å². The normalized spacial score (nSPS) is 10.6. The van der Waals surface area contributed by atoms with Gasteiger partial charge in [0.15, 0.2) is 0 Å². The van der Waals surface area contributed by atoms with E-state index in [0.717, 1.165) is 0 Å². The Bertz CT molecular complexity index is 376. The summed E-state index contributed by atoms with van der Waals surface area (Å²) in [6.45, 7) is 2.24. The predicted molar refractivity (Wildman–Crippen MR) is 61.7 cm³/mol. The summed E-state index contributed by atoms with van der Waals surface area (Å²) in [6.07, 6.45) is 3.77. The Labute approximate surface area is 85.9 Å². The molecule has 0 aromatic rings. The number of hydrogen-bond donors (Lipinski definition) is 0. The zero-order valence-corrected chi connectivity index (χ0v) is 8.66. The lowest BCUT2D eigenvalue weighted by Crippen LogP contribution is -1.82. The highest BCUT2D eigenvalue weighted by atomic mass is 14.1. The van der Waals surface area contributed by atoms with Gasteiger partial charge >= 0.3 is 0 Å². The van der Waals surface area contributed by atoms with Crippen molar-refractivity contribution in [3.8, 4) is 11.1 Å². The first-order valence-corrected chi connectivity index (χ1v) is 5.38. The second kappa shape index (κ2) is 4.28. The van der Waals surface area contributed by atoms with Gasteiger partial charge in [-0.1, -0.05) is 55.8 Å². The largest absolute Gasteiger partial charge is 0.0654 e. The van der Waals surface area contributed by atoms with E-state index in [-0.39, 0.29) is 0 Å². The predicted octanol–water partition coefficient (Wildman–Crippen LogP) is 4.13. The Hall–Kier alpha value is -1.30. The SMILES string of the molecule is CCCCc1ccc2cccccc1-2. The second-order valence-electron chi connectivity index (χ2n) is 3.74. The molecule has 0 N–H and O–H groups in total. The van der Waals surface area contributed by atoms with E-state index in [1.165, 1.54) is 36.0 Å². The van der Waals surface area contributed by atoms with Crippen LogP contribution in [0.5, 0.6) is 0 Å². The van der Waals surface area contributed by atoms with Gasteiger partial charge in [-0.15, -0.1) is 0 Å². The molecule has 72 valence electrons. The zero-order chi connectivity index (χ0) is 9.80. The fraction of sp³-hybridized carbons (Fsp3) is 0.286. The summed E-state index contributed by atoms with van der Waals surface area (Å²) in [5.41, 5.74) is 4.28. The minimum Gasteiger partial charge on any atom is -0.0654 e. The lowest BCUT2D eigenvalue weighted by Gasteiger charge is -1.99. The summed E-state index contributed by atoms with van der Waals surface area (Å²) in [4.78, 5) is 0. The van der Waals surface area contributed by atoms with Crippen molar-refractivity contribution in [1.82, 2.24) is 0 Å². The standard InChI is InChI=1S/C14H16/c1-2-3-7-12-10-11-13-8-5-4-6-9-14(12)13/h4-6,8-11H,2-3,7H2,1H3. The zero-order valence-electron chi connectivity index (χ0n) is 8.66. The molecule has 0 fully saturated rings. The van der Waals surface area contributed by atoms with Crippen molar-refractivity contribution < 1.29 is 0 Å². The summed E-state index contributed by atoms with van der Waals surface area (Å²) in [7, 11) is 0. The van der Waals surface area contributed by atoms with Gasteiger partial charge < -0.3 is 0 Å². The van der Waals surface area contributed by atoms with E-state index in [1.807, 2.05) is 0 Å². The lowest BCUT2D eigenvalue weighted by atomic mass is 10.1. The van der Waals surface area contributed by atoms with Gasteiger partial charge in [0.2, 0.25) is 0 Å². The Balaban J connectivity index is 2.32. The summed E-state index contributed by atoms with van der Waals surface area (Å²) < 4.78 is 0. The molecule has 0 bridgehead atoms. The molecule has 0 saturated carbocycles. The van der Waals surface area contributed by atoms with Crippen LogP contribution in [0.4, 0.5) is 0 Å². The van der Waals surface area contributed by atoms with E-state index < -0.39 is 0 Å². The van der Waals surface area contributed by atoms with Gasteiger partial charge in [-0.05, 0) is 29.5 Å². The van der Waals surface area contributed by atoms with Gasteiger partial charge in [-0.25, -0.2) is 0 Å². The fourth-order valence-electron chi connectivity index (χ4n) is 1.86. The van der Waals surface area contributed by atoms with Crippen molar-refractivity contribution in [3.05, 3.63) is 48.0 Å². The third kappa shape index (κ3) is 1.79. The minimum atomic E-state index is 1.21. The molecule has 0 saturated heterocycles. The quantitative estimate of drug-likeness (QED) is 0.672. The molecule has 0 amide bonds. The van der Waals surface area contributed by atoms with E-state index in [1.54, 1.807) is 0 Å². The molecule has 2 aliphatic carbocycles. The molecule has 0 atom stereocenters. The van der Waals surface area contributed by atoms with E-state index in [9.17, 15) is 0 Å². The molecule has 2 rings (SSSR count). The Morgan fingerprint density at radius 2 is 1.79 bits per heavy atom. The topological polar surface area (TPSA) is 0 Å². The van der Waals surface area contributed by atoms with Crippen molar-refractivity contribution in [1.29, 1.82) is 0 Å². The Kier molecular flexibility index (Phi) is 2.83.